The number of hydrogen-bond acceptors (Lipinski definition) is 3. The maximum absolute atomic E-state index is 2.49. The van der Waals surface area contributed by atoms with Crippen LogP contribution in [0.3, 0.4) is 0 Å². The molecule has 2 aliphatic rings. The van der Waals surface area contributed by atoms with Crippen LogP contribution in [0.15, 0.2) is 228 Å². The van der Waals surface area contributed by atoms with Crippen molar-refractivity contribution in [3.05, 3.63) is 241 Å². The van der Waals surface area contributed by atoms with Crippen molar-refractivity contribution in [1.29, 1.82) is 0 Å². The number of para-hydroxylation sites is 4. The monoisotopic (exact) mass is 732 g/mol. The van der Waals surface area contributed by atoms with Gasteiger partial charge >= 0.3 is 0 Å². The van der Waals surface area contributed by atoms with Crippen LogP contribution in [-0.4, -0.2) is 0 Å². The summed E-state index contributed by atoms with van der Waals surface area (Å²) in [5.74, 6) is 0. The van der Waals surface area contributed by atoms with E-state index >= 15 is 0 Å². The van der Waals surface area contributed by atoms with Crippen molar-refractivity contribution in [1.82, 2.24) is 0 Å². The Morgan fingerprint density at radius 1 is 0.321 bits per heavy atom. The molecule has 0 bridgehead atoms. The molecule has 0 fully saturated rings. The molecule has 264 valence electrons. The highest BCUT2D eigenvalue weighted by molar-refractivity contribution is 7.99. The Kier molecular flexibility index (Phi) is 7.68. The highest BCUT2D eigenvalue weighted by atomic mass is 32.2. The molecular weight excluding hydrogens is 697 g/mol. The van der Waals surface area contributed by atoms with E-state index in [9.17, 15) is 0 Å². The maximum atomic E-state index is 2.49. The lowest BCUT2D eigenvalue weighted by atomic mass is 9.67. The summed E-state index contributed by atoms with van der Waals surface area (Å²) in [6.45, 7) is 0. The van der Waals surface area contributed by atoms with E-state index in [1.54, 1.807) is 0 Å². The number of rotatable bonds is 6. The summed E-state index contributed by atoms with van der Waals surface area (Å²) < 4.78 is 0. The molecule has 1 atom stereocenters. The molecule has 9 aromatic rings. The fraction of sp³-hybridized carbons (Fsp3) is 0.0189. The molecule has 56 heavy (non-hydrogen) atoms. The highest BCUT2D eigenvalue weighted by Gasteiger charge is 2.51. The summed E-state index contributed by atoms with van der Waals surface area (Å²) in [7, 11) is 0. The van der Waals surface area contributed by atoms with Crippen LogP contribution < -0.4 is 9.80 Å². The van der Waals surface area contributed by atoms with E-state index in [1.165, 1.54) is 53.9 Å². The van der Waals surface area contributed by atoms with Crippen LogP contribution in [0.2, 0.25) is 0 Å². The van der Waals surface area contributed by atoms with Gasteiger partial charge in [-0.1, -0.05) is 145 Å². The summed E-state index contributed by atoms with van der Waals surface area (Å²) in [6.07, 6.45) is 0. The topological polar surface area (TPSA) is 6.48 Å². The predicted octanol–water partition coefficient (Wildman–Crippen LogP) is 14.6. The highest BCUT2D eigenvalue weighted by Crippen LogP contribution is 2.65. The lowest BCUT2D eigenvalue weighted by Crippen LogP contribution is -2.32. The molecule has 0 saturated heterocycles. The maximum Gasteiger partial charge on any atom is 0.0737 e. The van der Waals surface area contributed by atoms with Crippen LogP contribution in [-0.2, 0) is 5.41 Å². The van der Waals surface area contributed by atoms with Crippen molar-refractivity contribution in [2.75, 3.05) is 9.80 Å². The van der Waals surface area contributed by atoms with E-state index in [4.69, 9.17) is 0 Å². The van der Waals surface area contributed by atoms with Gasteiger partial charge in [0.25, 0.3) is 0 Å². The first-order valence-electron chi connectivity index (χ1n) is 19.2. The van der Waals surface area contributed by atoms with Crippen molar-refractivity contribution in [3.63, 3.8) is 0 Å². The number of fused-ring (bicyclic) bond motifs is 10. The minimum Gasteiger partial charge on any atom is -0.310 e. The number of hydrogen-bond donors (Lipinski definition) is 0. The Labute approximate surface area is 332 Å². The van der Waals surface area contributed by atoms with Gasteiger partial charge in [-0.2, -0.15) is 0 Å². The quantitative estimate of drug-likeness (QED) is 0.168. The number of anilines is 6. The van der Waals surface area contributed by atoms with Crippen molar-refractivity contribution in [2.45, 2.75) is 15.2 Å². The van der Waals surface area contributed by atoms with Gasteiger partial charge in [-0.3, -0.25) is 0 Å². The molecule has 1 aliphatic heterocycles. The molecule has 3 heteroatoms. The average Bonchev–Trinajstić information content (AvgIpc) is 3.55. The van der Waals surface area contributed by atoms with Crippen LogP contribution in [0, 0.1) is 0 Å². The molecular formula is C53H36N2S. The second-order valence-corrected chi connectivity index (χ2v) is 15.6. The molecule has 0 N–H and O–H groups in total. The summed E-state index contributed by atoms with van der Waals surface area (Å²) in [5.41, 5.74) is 13.9. The molecule has 0 aromatic heterocycles. The Morgan fingerprint density at radius 3 is 1.46 bits per heavy atom. The standard InChI is InChI=1S/C53H36N2S/c1-5-20-39(21-6-1)54(40-22-7-2-8-23-40)43-32-33-44-47(36-43)53(45-28-15-16-31-50(45)56-51-35-38-19-14-13-18-37(38)34-48(51)53)46-29-17-30-49(52(44)46)55(41-24-9-3-10-25-41)42-26-11-4-12-27-42/h1-36H. The summed E-state index contributed by atoms with van der Waals surface area (Å²) in [6, 6.07) is 80.0. The zero-order valence-electron chi connectivity index (χ0n) is 30.6. The SMILES string of the molecule is c1ccc(N(c2ccccc2)c2ccc3c(c2)C2(c4ccccc4Sc4cc5ccccc5cc42)c2cccc(N(c4ccccc4)c4ccccc4)c2-3)cc1. The van der Waals surface area contributed by atoms with Gasteiger partial charge < -0.3 is 9.80 Å². The second-order valence-electron chi connectivity index (χ2n) is 14.5. The minimum absolute atomic E-state index is 0.587. The van der Waals surface area contributed by atoms with Gasteiger partial charge in [-0.25, -0.2) is 0 Å². The Balaban J connectivity index is 1.27. The summed E-state index contributed by atoms with van der Waals surface area (Å²) in [4.78, 5) is 7.41. The van der Waals surface area contributed by atoms with Crippen LogP contribution in [0.5, 0.6) is 0 Å². The lowest BCUT2D eigenvalue weighted by Gasteiger charge is -2.40. The summed E-state index contributed by atoms with van der Waals surface area (Å²) in [5, 5.41) is 2.51. The fourth-order valence-corrected chi connectivity index (χ4v) is 10.4. The first-order chi connectivity index (χ1) is 27.8. The zero-order valence-corrected chi connectivity index (χ0v) is 31.4. The van der Waals surface area contributed by atoms with Gasteiger partial charge in [-0.15, -0.1) is 0 Å². The molecule has 11 rings (SSSR count). The van der Waals surface area contributed by atoms with Gasteiger partial charge in [0.1, 0.15) is 0 Å². The smallest absolute Gasteiger partial charge is 0.0737 e. The van der Waals surface area contributed by atoms with Crippen molar-refractivity contribution < 1.29 is 0 Å². The van der Waals surface area contributed by atoms with Crippen LogP contribution in [0.1, 0.15) is 22.3 Å². The largest absolute Gasteiger partial charge is 0.310 e. The normalized spacial score (nSPS) is 14.8. The van der Waals surface area contributed by atoms with Gasteiger partial charge in [0.15, 0.2) is 0 Å². The van der Waals surface area contributed by atoms with Gasteiger partial charge in [-0.05, 0) is 124 Å². The van der Waals surface area contributed by atoms with E-state index in [0.717, 1.165) is 34.1 Å². The van der Waals surface area contributed by atoms with Gasteiger partial charge in [0, 0.05) is 43.8 Å². The van der Waals surface area contributed by atoms with E-state index in [1.807, 2.05) is 11.8 Å². The molecule has 1 spiro atoms. The van der Waals surface area contributed by atoms with E-state index in [-0.39, 0.29) is 0 Å². The molecule has 0 saturated carbocycles. The van der Waals surface area contributed by atoms with E-state index in [0.29, 0.717) is 0 Å². The predicted molar refractivity (Wildman–Crippen MR) is 235 cm³/mol. The van der Waals surface area contributed by atoms with Gasteiger partial charge in [0.05, 0.1) is 11.1 Å². The van der Waals surface area contributed by atoms with Crippen LogP contribution in [0.4, 0.5) is 34.1 Å². The second kappa shape index (κ2) is 13.2. The summed E-state index contributed by atoms with van der Waals surface area (Å²) >= 11 is 1.90. The third kappa shape index (κ3) is 4.98. The first-order valence-corrected chi connectivity index (χ1v) is 20.0. The van der Waals surface area contributed by atoms with Crippen molar-refractivity contribution in [2.24, 2.45) is 0 Å². The minimum atomic E-state index is -0.587. The number of nitrogens with zero attached hydrogens (tertiary/aromatic N) is 2. The third-order valence-corrected chi connectivity index (χ3v) is 12.6. The Morgan fingerprint density at radius 2 is 0.839 bits per heavy atom. The van der Waals surface area contributed by atoms with E-state index in [2.05, 4.69) is 228 Å². The molecule has 2 nitrogen and oxygen atoms in total. The molecule has 1 aliphatic carbocycles. The number of benzene rings is 9. The molecule has 1 unspecified atom stereocenters. The average molecular weight is 733 g/mol. The van der Waals surface area contributed by atoms with Crippen LogP contribution >= 0.6 is 11.8 Å². The molecule has 1 heterocycles. The fourth-order valence-electron chi connectivity index (χ4n) is 9.16. The van der Waals surface area contributed by atoms with Crippen molar-refractivity contribution >= 4 is 56.7 Å². The Bertz CT molecular complexity index is 2810. The van der Waals surface area contributed by atoms with Crippen LogP contribution in [0.25, 0.3) is 21.9 Å². The molecule has 0 radical (unpaired) electrons. The van der Waals surface area contributed by atoms with E-state index < -0.39 is 5.41 Å². The third-order valence-electron chi connectivity index (χ3n) is 11.4. The zero-order chi connectivity index (χ0) is 37.1. The van der Waals surface area contributed by atoms with Gasteiger partial charge in [0.2, 0.25) is 0 Å². The first kappa shape index (κ1) is 32.6. The molecule has 0 amide bonds. The Hall–Kier alpha value is -6.81. The lowest BCUT2D eigenvalue weighted by molar-refractivity contribution is 0.724. The molecule has 9 aromatic carbocycles. The van der Waals surface area contributed by atoms with Crippen molar-refractivity contribution in [3.8, 4) is 11.1 Å².